The maximum Gasteiger partial charge on any atom is 0.0630 e. The molecule has 0 saturated heterocycles. The molecule has 0 spiro atoms. The van der Waals surface area contributed by atoms with Crippen molar-refractivity contribution in [3.05, 3.63) is 0 Å². The van der Waals surface area contributed by atoms with Gasteiger partial charge in [0.2, 0.25) is 0 Å². The van der Waals surface area contributed by atoms with E-state index in [1.165, 1.54) is 12.8 Å². The van der Waals surface area contributed by atoms with Crippen molar-refractivity contribution in [3.63, 3.8) is 0 Å². The van der Waals surface area contributed by atoms with Crippen LogP contribution in [-0.4, -0.2) is 23.4 Å². The Balaban J connectivity index is 2.22. The van der Waals surface area contributed by atoms with E-state index in [0.29, 0.717) is 5.37 Å². The van der Waals surface area contributed by atoms with Crippen molar-refractivity contribution >= 4 is 22.5 Å². The maximum atomic E-state index is 4.15. The van der Waals surface area contributed by atoms with E-state index in [9.17, 15) is 0 Å². The molecule has 3 heteroatoms. The van der Waals surface area contributed by atoms with Crippen LogP contribution in [0, 0.1) is 0 Å². The minimum absolute atomic E-state index is 0.570. The molecule has 0 aromatic rings. The van der Waals surface area contributed by atoms with Gasteiger partial charge in [0.25, 0.3) is 0 Å². The molecule has 0 aromatic heterocycles. The van der Waals surface area contributed by atoms with Gasteiger partial charge in [-0.1, -0.05) is 10.8 Å². The molecule has 1 fully saturated rings. The molecule has 1 aliphatic carbocycles. The number of hydrogen-bond donors (Lipinski definition) is 1. The maximum absolute atomic E-state index is 4.15. The fraction of sp³-hybridized carbons (Fsp3) is 1.00. The van der Waals surface area contributed by atoms with Crippen LogP contribution < -0.4 is 0 Å². The van der Waals surface area contributed by atoms with Crippen LogP contribution in [0.1, 0.15) is 19.8 Å². The molecule has 1 unspecified atom stereocenters. The monoisotopic (exact) mass is 163 g/mol. The van der Waals surface area contributed by atoms with Crippen molar-refractivity contribution in [2.24, 2.45) is 0 Å². The lowest BCUT2D eigenvalue weighted by Crippen LogP contribution is -2.27. The van der Waals surface area contributed by atoms with Crippen molar-refractivity contribution in [2.75, 3.05) is 7.05 Å². The summed E-state index contributed by atoms with van der Waals surface area (Å²) in [5.41, 5.74) is 0. The van der Waals surface area contributed by atoms with Gasteiger partial charge in [-0.25, -0.2) is 0 Å². The van der Waals surface area contributed by atoms with Gasteiger partial charge in [0, 0.05) is 6.04 Å². The number of rotatable bonds is 3. The minimum atomic E-state index is 0.570. The van der Waals surface area contributed by atoms with Crippen molar-refractivity contribution in [1.29, 1.82) is 0 Å². The first-order valence-corrected chi connectivity index (χ1v) is 5.21. The molecule has 54 valence electrons. The van der Waals surface area contributed by atoms with Gasteiger partial charge < -0.3 is 0 Å². The Hall–Kier alpha value is 0.660. The van der Waals surface area contributed by atoms with Crippen LogP contribution in [0.5, 0.6) is 0 Å². The van der Waals surface area contributed by atoms with E-state index in [4.69, 9.17) is 0 Å². The minimum Gasteiger partial charge on any atom is -0.291 e. The Kier molecular flexibility index (Phi) is 2.73. The zero-order valence-corrected chi connectivity index (χ0v) is 7.58. The van der Waals surface area contributed by atoms with Gasteiger partial charge in [0.15, 0.2) is 0 Å². The first-order chi connectivity index (χ1) is 4.25. The predicted molar refractivity (Wildman–Crippen MR) is 46.8 cm³/mol. The van der Waals surface area contributed by atoms with E-state index >= 15 is 0 Å². The molecule has 1 rings (SSSR count). The second-order valence-corrected chi connectivity index (χ2v) is 4.13. The molecular weight excluding hydrogens is 150 g/mol. The highest BCUT2D eigenvalue weighted by Crippen LogP contribution is 2.30. The van der Waals surface area contributed by atoms with E-state index in [0.717, 1.165) is 6.04 Å². The number of hydrogen-bond acceptors (Lipinski definition) is 3. The third-order valence-electron chi connectivity index (χ3n) is 1.85. The number of thiol groups is 1. The van der Waals surface area contributed by atoms with Crippen LogP contribution in [0.4, 0.5) is 0 Å². The van der Waals surface area contributed by atoms with Crippen LogP contribution in [0.3, 0.4) is 0 Å². The van der Waals surface area contributed by atoms with Gasteiger partial charge in [-0.15, -0.1) is 11.7 Å². The molecule has 1 aliphatic rings. The van der Waals surface area contributed by atoms with Crippen LogP contribution in [-0.2, 0) is 0 Å². The highest BCUT2D eigenvalue weighted by Gasteiger charge is 2.28. The Morgan fingerprint density at radius 1 is 1.67 bits per heavy atom. The highest BCUT2D eigenvalue weighted by atomic mass is 33.1. The summed E-state index contributed by atoms with van der Waals surface area (Å²) in [4.78, 5) is 2.39. The molecule has 0 aliphatic heterocycles. The molecule has 9 heavy (non-hydrogen) atoms. The normalized spacial score (nSPS) is 22.7. The van der Waals surface area contributed by atoms with Crippen molar-refractivity contribution in [2.45, 2.75) is 31.2 Å². The van der Waals surface area contributed by atoms with Gasteiger partial charge in [-0.05, 0) is 26.8 Å². The van der Waals surface area contributed by atoms with Crippen molar-refractivity contribution < 1.29 is 0 Å². The van der Waals surface area contributed by atoms with E-state index in [1.807, 2.05) is 0 Å². The summed E-state index contributed by atoms with van der Waals surface area (Å²) in [5.74, 6) is 0. The molecule has 0 heterocycles. The average molecular weight is 163 g/mol. The molecule has 1 saturated carbocycles. The molecular formula is C6H13NS2. The molecule has 0 aromatic carbocycles. The standard InChI is InChI=1S/C6H13NS2/c1-5(9-8)7(2)6-3-4-6/h5-6,8H,3-4H2,1-2H3. The SMILES string of the molecule is CC(SS)N(C)C1CC1. The third kappa shape index (κ3) is 2.06. The molecule has 0 amide bonds. The van der Waals surface area contributed by atoms with Gasteiger partial charge in [0.05, 0.1) is 5.37 Å². The first kappa shape index (κ1) is 7.76. The Morgan fingerprint density at radius 3 is 2.56 bits per heavy atom. The van der Waals surface area contributed by atoms with Gasteiger partial charge >= 0.3 is 0 Å². The summed E-state index contributed by atoms with van der Waals surface area (Å²) < 4.78 is 0. The summed E-state index contributed by atoms with van der Waals surface area (Å²) in [6.07, 6.45) is 2.77. The summed E-state index contributed by atoms with van der Waals surface area (Å²) in [6.45, 7) is 2.19. The lowest BCUT2D eigenvalue weighted by Gasteiger charge is -2.21. The zero-order chi connectivity index (χ0) is 6.85. The van der Waals surface area contributed by atoms with Gasteiger partial charge in [-0.2, -0.15) is 0 Å². The zero-order valence-electron chi connectivity index (χ0n) is 5.87. The lowest BCUT2D eigenvalue weighted by molar-refractivity contribution is 0.319. The van der Waals surface area contributed by atoms with Crippen LogP contribution >= 0.6 is 22.5 Å². The molecule has 0 N–H and O–H groups in total. The van der Waals surface area contributed by atoms with E-state index in [1.54, 1.807) is 10.8 Å². The van der Waals surface area contributed by atoms with E-state index in [-0.39, 0.29) is 0 Å². The summed E-state index contributed by atoms with van der Waals surface area (Å²) in [7, 11) is 3.79. The predicted octanol–water partition coefficient (Wildman–Crippen LogP) is 2.00. The van der Waals surface area contributed by atoms with E-state index < -0.39 is 0 Å². The lowest BCUT2D eigenvalue weighted by atomic mass is 10.5. The first-order valence-electron chi connectivity index (χ1n) is 3.28. The summed E-state index contributed by atoms with van der Waals surface area (Å²) in [5, 5.41) is 0.570. The Labute approximate surface area is 66.0 Å². The smallest absolute Gasteiger partial charge is 0.0630 e. The second-order valence-electron chi connectivity index (χ2n) is 2.60. The summed E-state index contributed by atoms with van der Waals surface area (Å²) >= 11 is 4.15. The van der Waals surface area contributed by atoms with Crippen LogP contribution in [0.25, 0.3) is 0 Å². The van der Waals surface area contributed by atoms with Crippen LogP contribution in [0.15, 0.2) is 0 Å². The summed E-state index contributed by atoms with van der Waals surface area (Å²) in [6, 6.07) is 0.861. The largest absolute Gasteiger partial charge is 0.291 e. The molecule has 0 radical (unpaired) electrons. The highest BCUT2D eigenvalue weighted by molar-refractivity contribution is 8.68. The molecule has 0 bridgehead atoms. The Morgan fingerprint density at radius 2 is 2.22 bits per heavy atom. The van der Waals surface area contributed by atoms with Gasteiger partial charge in [0.1, 0.15) is 0 Å². The fourth-order valence-corrected chi connectivity index (χ4v) is 1.62. The van der Waals surface area contributed by atoms with Gasteiger partial charge in [-0.3, -0.25) is 4.90 Å². The van der Waals surface area contributed by atoms with Crippen LogP contribution in [0.2, 0.25) is 0 Å². The Bertz CT molecular complexity index is 93.1. The average Bonchev–Trinajstić information content (AvgIpc) is 2.66. The van der Waals surface area contributed by atoms with Crippen molar-refractivity contribution in [3.8, 4) is 0 Å². The second kappa shape index (κ2) is 3.17. The van der Waals surface area contributed by atoms with Crippen molar-refractivity contribution in [1.82, 2.24) is 4.90 Å². The van der Waals surface area contributed by atoms with E-state index in [2.05, 4.69) is 30.5 Å². The number of nitrogens with zero attached hydrogens (tertiary/aromatic N) is 1. The fourth-order valence-electron chi connectivity index (χ4n) is 0.853. The third-order valence-corrected chi connectivity index (χ3v) is 3.40. The topological polar surface area (TPSA) is 3.24 Å². The molecule has 1 nitrogen and oxygen atoms in total. The molecule has 1 atom stereocenters. The quantitative estimate of drug-likeness (QED) is 0.385.